The van der Waals surface area contributed by atoms with Gasteiger partial charge in [0.15, 0.2) is 11.5 Å². The molecular formula is C22H23ClN4O4. The summed E-state index contributed by atoms with van der Waals surface area (Å²) in [6, 6.07) is 7.08. The molecule has 0 saturated heterocycles. The van der Waals surface area contributed by atoms with Gasteiger partial charge >= 0.3 is 0 Å². The first-order valence-corrected chi connectivity index (χ1v) is 9.95. The number of rotatable bonds is 8. The first kappa shape index (κ1) is 22.3. The summed E-state index contributed by atoms with van der Waals surface area (Å²) in [4.78, 5) is 22.3. The third-order valence-electron chi connectivity index (χ3n) is 4.16. The first-order chi connectivity index (χ1) is 14.9. The van der Waals surface area contributed by atoms with Crippen LogP contribution in [0.15, 0.2) is 47.3 Å². The molecule has 0 aliphatic carbocycles. The number of halogens is 1. The Morgan fingerprint density at radius 2 is 2.16 bits per heavy atom. The zero-order valence-corrected chi connectivity index (χ0v) is 18.5. The van der Waals surface area contributed by atoms with Crippen molar-refractivity contribution in [3.05, 3.63) is 59.2 Å². The Hall–Kier alpha value is -3.39. The molecule has 8 nitrogen and oxygen atoms in total. The average molecular weight is 443 g/mol. The van der Waals surface area contributed by atoms with E-state index >= 15 is 0 Å². The molecule has 2 aromatic heterocycles. The van der Waals surface area contributed by atoms with Crippen LogP contribution in [0.2, 0.25) is 5.02 Å². The van der Waals surface area contributed by atoms with Crippen LogP contribution in [0.3, 0.4) is 0 Å². The lowest BCUT2D eigenvalue weighted by molar-refractivity contribution is -0.125. The summed E-state index contributed by atoms with van der Waals surface area (Å²) in [5, 5.41) is 4.33. The van der Waals surface area contributed by atoms with Gasteiger partial charge in [-0.1, -0.05) is 16.8 Å². The van der Waals surface area contributed by atoms with Gasteiger partial charge in [0.2, 0.25) is 17.6 Å². The Balaban J connectivity index is 1.67. The van der Waals surface area contributed by atoms with E-state index < -0.39 is 0 Å². The highest BCUT2D eigenvalue weighted by Gasteiger charge is 2.15. The van der Waals surface area contributed by atoms with Crippen molar-refractivity contribution in [1.29, 1.82) is 0 Å². The molecule has 162 valence electrons. The van der Waals surface area contributed by atoms with Crippen molar-refractivity contribution in [1.82, 2.24) is 20.0 Å². The molecule has 1 amide bonds. The van der Waals surface area contributed by atoms with Crippen molar-refractivity contribution < 1.29 is 18.8 Å². The molecule has 31 heavy (non-hydrogen) atoms. The molecule has 0 saturated carbocycles. The van der Waals surface area contributed by atoms with E-state index in [1.165, 1.54) is 18.1 Å². The second-order valence-corrected chi connectivity index (χ2v) is 7.39. The fourth-order valence-electron chi connectivity index (χ4n) is 2.69. The van der Waals surface area contributed by atoms with Crippen LogP contribution in [0.4, 0.5) is 0 Å². The van der Waals surface area contributed by atoms with Crippen molar-refractivity contribution in [2.45, 2.75) is 26.5 Å². The molecule has 0 N–H and O–H groups in total. The highest BCUT2D eigenvalue weighted by molar-refractivity contribution is 6.32. The molecular weight excluding hydrogens is 420 g/mol. The number of aromatic nitrogens is 3. The lowest BCUT2D eigenvalue weighted by atomic mass is 10.1. The summed E-state index contributed by atoms with van der Waals surface area (Å²) in [6.45, 7) is 3.98. The van der Waals surface area contributed by atoms with Crippen molar-refractivity contribution in [2.24, 2.45) is 0 Å². The molecule has 0 aliphatic rings. The van der Waals surface area contributed by atoms with E-state index in [4.69, 9.17) is 25.6 Å². The summed E-state index contributed by atoms with van der Waals surface area (Å²) in [6.07, 6.45) is 6.35. The molecule has 1 aromatic carbocycles. The van der Waals surface area contributed by atoms with Crippen LogP contribution in [0.5, 0.6) is 11.5 Å². The third kappa shape index (κ3) is 5.82. The van der Waals surface area contributed by atoms with Crippen LogP contribution in [-0.4, -0.2) is 46.2 Å². The number of nitrogens with zero attached hydrogens (tertiary/aromatic N) is 4. The summed E-state index contributed by atoms with van der Waals surface area (Å²) >= 11 is 6.33. The van der Waals surface area contributed by atoms with Gasteiger partial charge in [-0.05, 0) is 49.8 Å². The third-order valence-corrected chi connectivity index (χ3v) is 4.44. The number of ether oxygens (including phenoxy) is 2. The smallest absolute Gasteiger partial charge is 0.246 e. The van der Waals surface area contributed by atoms with Gasteiger partial charge in [0.1, 0.15) is 0 Å². The minimum absolute atomic E-state index is 0.0496. The molecule has 0 radical (unpaired) electrons. The molecule has 0 atom stereocenters. The summed E-state index contributed by atoms with van der Waals surface area (Å²) in [7, 11) is 3.18. The standard InChI is InChI=1S/C22H23ClN4O4/c1-14(2)30-21-17(23)10-15(11-18(21)29-4)7-8-20(28)27(3)13-19-25-22(26-31-19)16-6-5-9-24-12-16/h5-12,14H,13H2,1-4H3/b8-7+. The van der Waals surface area contributed by atoms with Gasteiger partial charge in [-0.25, -0.2) is 0 Å². The molecule has 0 fully saturated rings. The minimum Gasteiger partial charge on any atom is -0.493 e. The highest BCUT2D eigenvalue weighted by atomic mass is 35.5. The topological polar surface area (TPSA) is 90.6 Å². The first-order valence-electron chi connectivity index (χ1n) is 9.57. The van der Waals surface area contributed by atoms with Crippen LogP contribution >= 0.6 is 11.6 Å². The number of carbonyl (C=O) groups excluding carboxylic acids is 1. The second-order valence-electron chi connectivity index (χ2n) is 6.98. The maximum Gasteiger partial charge on any atom is 0.246 e. The van der Waals surface area contributed by atoms with Crippen molar-refractivity contribution in [3.8, 4) is 22.9 Å². The SMILES string of the molecule is COc1cc(/C=C/C(=O)N(C)Cc2nc(-c3cccnc3)no2)cc(Cl)c1OC(C)C. The Bertz CT molecular complexity index is 1070. The number of amides is 1. The van der Waals surface area contributed by atoms with Gasteiger partial charge in [-0.15, -0.1) is 0 Å². The van der Waals surface area contributed by atoms with Crippen LogP contribution in [0, 0.1) is 0 Å². The Morgan fingerprint density at radius 3 is 2.84 bits per heavy atom. The van der Waals surface area contributed by atoms with Gasteiger partial charge < -0.3 is 18.9 Å². The van der Waals surface area contributed by atoms with Gasteiger partial charge in [0.25, 0.3) is 0 Å². The molecule has 0 spiro atoms. The lowest BCUT2D eigenvalue weighted by Crippen LogP contribution is -2.24. The van der Waals surface area contributed by atoms with Crippen LogP contribution < -0.4 is 9.47 Å². The van der Waals surface area contributed by atoms with Crippen LogP contribution in [0.25, 0.3) is 17.5 Å². The number of methoxy groups -OCH3 is 1. The van der Waals surface area contributed by atoms with Gasteiger partial charge in [-0.2, -0.15) is 4.98 Å². The number of likely N-dealkylation sites (N-methyl/N-ethyl adjacent to an activating group) is 1. The summed E-state index contributed by atoms with van der Waals surface area (Å²) in [5.41, 5.74) is 1.44. The summed E-state index contributed by atoms with van der Waals surface area (Å²) in [5.74, 6) is 1.47. The predicted molar refractivity (Wildman–Crippen MR) is 117 cm³/mol. The molecule has 3 aromatic rings. The van der Waals surface area contributed by atoms with E-state index in [2.05, 4.69) is 15.1 Å². The van der Waals surface area contributed by atoms with Crippen LogP contribution in [0.1, 0.15) is 25.3 Å². The minimum atomic E-state index is -0.237. The largest absolute Gasteiger partial charge is 0.493 e. The monoisotopic (exact) mass is 442 g/mol. The number of pyridine rings is 1. The van der Waals surface area contributed by atoms with Gasteiger partial charge in [0.05, 0.1) is 24.8 Å². The van der Waals surface area contributed by atoms with Gasteiger partial charge in [0, 0.05) is 31.1 Å². The predicted octanol–water partition coefficient (Wildman–Crippen LogP) is 4.25. The zero-order valence-electron chi connectivity index (χ0n) is 17.7. The Morgan fingerprint density at radius 1 is 1.35 bits per heavy atom. The summed E-state index contributed by atoms with van der Waals surface area (Å²) < 4.78 is 16.3. The number of benzene rings is 1. The number of hydrogen-bond acceptors (Lipinski definition) is 7. The molecule has 0 bridgehead atoms. The lowest BCUT2D eigenvalue weighted by Gasteiger charge is -2.16. The molecule has 0 unspecified atom stereocenters. The fraction of sp³-hybridized carbons (Fsp3) is 0.273. The van der Waals surface area contributed by atoms with E-state index in [9.17, 15) is 4.79 Å². The van der Waals surface area contributed by atoms with Crippen LogP contribution in [-0.2, 0) is 11.3 Å². The Kier molecular flexibility index (Phi) is 7.25. The molecule has 9 heteroatoms. The molecule has 2 heterocycles. The van der Waals surface area contributed by atoms with Crippen molar-refractivity contribution in [3.63, 3.8) is 0 Å². The van der Waals surface area contributed by atoms with Crippen molar-refractivity contribution >= 4 is 23.6 Å². The maximum absolute atomic E-state index is 12.5. The average Bonchev–Trinajstić information content (AvgIpc) is 3.22. The molecule has 0 aliphatic heterocycles. The van der Waals surface area contributed by atoms with E-state index in [-0.39, 0.29) is 18.6 Å². The van der Waals surface area contributed by atoms with E-state index in [1.54, 1.807) is 43.7 Å². The normalized spacial score (nSPS) is 11.2. The van der Waals surface area contributed by atoms with E-state index in [1.807, 2.05) is 19.9 Å². The van der Waals surface area contributed by atoms with E-state index in [0.29, 0.717) is 33.8 Å². The maximum atomic E-state index is 12.5. The Labute approximate surface area is 185 Å². The fourth-order valence-corrected chi connectivity index (χ4v) is 2.96. The van der Waals surface area contributed by atoms with Crippen molar-refractivity contribution in [2.75, 3.05) is 14.2 Å². The van der Waals surface area contributed by atoms with Gasteiger partial charge in [-0.3, -0.25) is 9.78 Å². The second kappa shape index (κ2) is 10.1. The highest BCUT2D eigenvalue weighted by Crippen LogP contribution is 2.37. The number of carbonyl (C=O) groups is 1. The van der Waals surface area contributed by atoms with E-state index in [0.717, 1.165) is 5.56 Å². The zero-order chi connectivity index (χ0) is 22.4. The molecule has 3 rings (SSSR count). The number of hydrogen-bond donors (Lipinski definition) is 0. The quantitative estimate of drug-likeness (QED) is 0.481.